The number of hydrogen-bond donors (Lipinski definition) is 2. The van der Waals surface area contributed by atoms with Gasteiger partial charge < -0.3 is 20.2 Å². The van der Waals surface area contributed by atoms with E-state index < -0.39 is 11.9 Å². The predicted octanol–water partition coefficient (Wildman–Crippen LogP) is 1.35. The summed E-state index contributed by atoms with van der Waals surface area (Å²) >= 11 is 0. The Balaban J connectivity index is 1.71. The summed E-state index contributed by atoms with van der Waals surface area (Å²) in [7, 11) is 3.04. The van der Waals surface area contributed by atoms with E-state index in [1.165, 1.54) is 14.2 Å². The second-order valence-electron chi connectivity index (χ2n) is 7.03. The monoisotopic (exact) mass is 394 g/mol. The molecular weight excluding hydrogens is 372 g/mol. The molecule has 0 saturated heterocycles. The molecular formula is C21H22N4O4. The first-order valence-electron chi connectivity index (χ1n) is 9.25. The number of nitrogens with two attached hydrogens (primary N) is 1. The lowest BCUT2D eigenvalue weighted by molar-refractivity contribution is -0.124. The summed E-state index contributed by atoms with van der Waals surface area (Å²) in [6, 6.07) is 10.8. The first-order chi connectivity index (χ1) is 14.0. The summed E-state index contributed by atoms with van der Waals surface area (Å²) in [6.45, 7) is 0.846. The van der Waals surface area contributed by atoms with E-state index in [1.807, 2.05) is 29.2 Å². The van der Waals surface area contributed by atoms with Gasteiger partial charge in [0.2, 0.25) is 5.91 Å². The van der Waals surface area contributed by atoms with Crippen LogP contribution in [0.25, 0.3) is 10.9 Å². The summed E-state index contributed by atoms with van der Waals surface area (Å²) in [4.78, 5) is 34.0. The zero-order valence-corrected chi connectivity index (χ0v) is 16.3. The van der Waals surface area contributed by atoms with E-state index in [9.17, 15) is 9.59 Å². The minimum Gasteiger partial charge on any atom is -0.493 e. The van der Waals surface area contributed by atoms with Gasteiger partial charge in [-0.2, -0.15) is 0 Å². The Labute approximate surface area is 167 Å². The number of hydrogen-bond acceptors (Lipinski definition) is 6. The topological polar surface area (TPSA) is 111 Å². The largest absolute Gasteiger partial charge is 0.493 e. The van der Waals surface area contributed by atoms with Crippen molar-refractivity contribution in [1.29, 1.82) is 0 Å². The number of primary amides is 1. The summed E-state index contributed by atoms with van der Waals surface area (Å²) in [5, 5.41) is 0.404. The number of methoxy groups -OCH3 is 2. The molecule has 3 aromatic rings. The van der Waals surface area contributed by atoms with Gasteiger partial charge in [0.15, 0.2) is 11.5 Å². The van der Waals surface area contributed by atoms with Gasteiger partial charge in [-0.3, -0.25) is 14.5 Å². The molecule has 0 spiro atoms. The zero-order chi connectivity index (χ0) is 20.5. The van der Waals surface area contributed by atoms with E-state index in [4.69, 9.17) is 15.2 Å². The number of amides is 1. The molecule has 1 amide bonds. The average molecular weight is 394 g/mol. The van der Waals surface area contributed by atoms with Crippen LogP contribution in [0.5, 0.6) is 11.5 Å². The quantitative estimate of drug-likeness (QED) is 0.676. The second-order valence-corrected chi connectivity index (χ2v) is 7.03. The fraction of sp³-hybridized carbons (Fsp3) is 0.286. The van der Waals surface area contributed by atoms with E-state index >= 15 is 0 Å². The van der Waals surface area contributed by atoms with Gasteiger partial charge >= 0.3 is 0 Å². The Morgan fingerprint density at radius 3 is 2.59 bits per heavy atom. The van der Waals surface area contributed by atoms with Crippen molar-refractivity contribution in [3.8, 4) is 11.5 Å². The standard InChI is InChI=1S/C21H22N4O4/c1-28-17-8-14-15(9-18(17)29-2)23-19(24-21(14)27)11-25-10-13-6-4-3-5-12(13)7-16(25)20(22)26/h3-6,8-9,16H,7,10-11H2,1-2H3,(H2,22,26)(H,23,24,27)/t16-/m0/s1. The molecule has 4 rings (SSSR count). The number of fused-ring (bicyclic) bond motifs is 2. The summed E-state index contributed by atoms with van der Waals surface area (Å²) < 4.78 is 10.6. The molecule has 0 aliphatic carbocycles. The van der Waals surface area contributed by atoms with Gasteiger partial charge in [0, 0.05) is 12.6 Å². The molecule has 150 valence electrons. The third-order valence-electron chi connectivity index (χ3n) is 5.29. The van der Waals surface area contributed by atoms with E-state index in [-0.39, 0.29) is 5.56 Å². The van der Waals surface area contributed by atoms with Crippen LogP contribution in [0, 0.1) is 0 Å². The average Bonchev–Trinajstić information content (AvgIpc) is 2.72. The lowest BCUT2D eigenvalue weighted by atomic mass is 9.93. The minimum absolute atomic E-state index is 0.279. The first-order valence-corrected chi connectivity index (χ1v) is 9.25. The third-order valence-corrected chi connectivity index (χ3v) is 5.29. The summed E-state index contributed by atoms with van der Waals surface area (Å²) in [6.07, 6.45) is 0.536. The summed E-state index contributed by atoms with van der Waals surface area (Å²) in [5.41, 5.74) is 8.13. The van der Waals surface area contributed by atoms with Crippen LogP contribution in [0.4, 0.5) is 0 Å². The van der Waals surface area contributed by atoms with Crippen molar-refractivity contribution in [2.45, 2.75) is 25.6 Å². The Bertz CT molecular complexity index is 1140. The minimum atomic E-state index is -0.462. The molecule has 29 heavy (non-hydrogen) atoms. The maximum Gasteiger partial charge on any atom is 0.258 e. The smallest absolute Gasteiger partial charge is 0.258 e. The van der Waals surface area contributed by atoms with Crippen molar-refractivity contribution in [3.63, 3.8) is 0 Å². The van der Waals surface area contributed by atoms with Crippen LogP contribution in [-0.4, -0.2) is 41.0 Å². The lowest BCUT2D eigenvalue weighted by Crippen LogP contribution is -2.48. The van der Waals surface area contributed by atoms with Crippen LogP contribution < -0.4 is 20.8 Å². The number of aromatic amines is 1. The van der Waals surface area contributed by atoms with Crippen molar-refractivity contribution in [3.05, 3.63) is 63.7 Å². The predicted molar refractivity (Wildman–Crippen MR) is 108 cm³/mol. The van der Waals surface area contributed by atoms with Crippen molar-refractivity contribution in [2.24, 2.45) is 5.73 Å². The van der Waals surface area contributed by atoms with E-state index in [1.54, 1.807) is 12.1 Å². The number of carbonyl (C=O) groups is 1. The number of benzene rings is 2. The van der Waals surface area contributed by atoms with Gasteiger partial charge in [0.05, 0.1) is 37.7 Å². The number of nitrogens with zero attached hydrogens (tertiary/aromatic N) is 2. The Kier molecular flexibility index (Phi) is 4.94. The van der Waals surface area contributed by atoms with Crippen molar-refractivity contribution in [2.75, 3.05) is 14.2 Å². The van der Waals surface area contributed by atoms with Gasteiger partial charge in [-0.25, -0.2) is 4.98 Å². The number of nitrogens with one attached hydrogen (secondary N) is 1. The molecule has 1 aliphatic rings. The SMILES string of the molecule is COc1cc2nc(CN3Cc4ccccc4C[C@H]3C(N)=O)[nH]c(=O)c2cc1OC. The molecule has 8 nitrogen and oxygen atoms in total. The maximum absolute atomic E-state index is 12.6. The fourth-order valence-corrected chi connectivity index (χ4v) is 3.81. The molecule has 2 heterocycles. The van der Waals surface area contributed by atoms with E-state index in [0.29, 0.717) is 47.7 Å². The van der Waals surface area contributed by atoms with Crippen molar-refractivity contribution >= 4 is 16.8 Å². The molecule has 1 atom stereocenters. The van der Waals surface area contributed by atoms with Gasteiger partial charge in [-0.05, 0) is 23.6 Å². The molecule has 3 N–H and O–H groups in total. The molecule has 0 radical (unpaired) electrons. The van der Waals surface area contributed by atoms with Crippen LogP contribution >= 0.6 is 0 Å². The zero-order valence-electron chi connectivity index (χ0n) is 16.3. The highest BCUT2D eigenvalue weighted by Crippen LogP contribution is 2.30. The number of carbonyl (C=O) groups excluding carboxylic acids is 1. The van der Waals surface area contributed by atoms with E-state index in [2.05, 4.69) is 9.97 Å². The highest BCUT2D eigenvalue weighted by molar-refractivity contribution is 5.82. The lowest BCUT2D eigenvalue weighted by Gasteiger charge is -2.34. The maximum atomic E-state index is 12.6. The van der Waals surface area contributed by atoms with Crippen LogP contribution in [0.15, 0.2) is 41.2 Å². The number of H-pyrrole nitrogens is 1. The van der Waals surface area contributed by atoms with Gasteiger partial charge in [-0.15, -0.1) is 0 Å². The molecule has 0 saturated carbocycles. The molecule has 0 fully saturated rings. The Morgan fingerprint density at radius 2 is 1.90 bits per heavy atom. The Morgan fingerprint density at radius 1 is 1.21 bits per heavy atom. The first kappa shape index (κ1) is 18.9. The third kappa shape index (κ3) is 3.54. The highest BCUT2D eigenvalue weighted by Gasteiger charge is 2.30. The molecule has 1 aliphatic heterocycles. The van der Waals surface area contributed by atoms with Crippen LogP contribution in [0.2, 0.25) is 0 Å². The number of ether oxygens (including phenoxy) is 2. The van der Waals surface area contributed by atoms with Gasteiger partial charge in [0.1, 0.15) is 5.82 Å². The Hall–Kier alpha value is -3.39. The molecule has 2 aromatic carbocycles. The molecule has 1 aromatic heterocycles. The number of aromatic nitrogens is 2. The van der Waals surface area contributed by atoms with Gasteiger partial charge in [-0.1, -0.05) is 24.3 Å². The normalized spacial score (nSPS) is 16.4. The number of rotatable bonds is 5. The molecule has 0 bridgehead atoms. The van der Waals surface area contributed by atoms with E-state index in [0.717, 1.165) is 11.1 Å². The van der Waals surface area contributed by atoms with Gasteiger partial charge in [0.25, 0.3) is 5.56 Å². The van der Waals surface area contributed by atoms with Crippen molar-refractivity contribution in [1.82, 2.24) is 14.9 Å². The molecule has 8 heteroatoms. The van der Waals surface area contributed by atoms with Crippen molar-refractivity contribution < 1.29 is 14.3 Å². The van der Waals surface area contributed by atoms with Crippen LogP contribution in [-0.2, 0) is 24.3 Å². The highest BCUT2D eigenvalue weighted by atomic mass is 16.5. The fourth-order valence-electron chi connectivity index (χ4n) is 3.81. The van der Waals surface area contributed by atoms with Crippen LogP contribution in [0.1, 0.15) is 17.0 Å². The van der Waals surface area contributed by atoms with Crippen LogP contribution in [0.3, 0.4) is 0 Å². The summed E-state index contributed by atoms with van der Waals surface area (Å²) in [5.74, 6) is 1.02. The molecule has 0 unspecified atom stereocenters. The second kappa shape index (κ2) is 7.56.